The van der Waals surface area contributed by atoms with Crippen molar-refractivity contribution in [1.29, 1.82) is 0 Å². The molecule has 0 unspecified atom stereocenters. The average molecular weight is 348 g/mol. The van der Waals surface area contributed by atoms with Crippen LogP contribution in [0.25, 0.3) is 0 Å². The first-order valence-electron chi connectivity index (χ1n) is 5.98. The summed E-state index contributed by atoms with van der Waals surface area (Å²) in [5.74, 6) is 0. The predicted octanol–water partition coefficient (Wildman–Crippen LogP) is 3.80. The number of hydrogen-bond acceptors (Lipinski definition) is 3. The van der Waals surface area contributed by atoms with Gasteiger partial charge in [0.1, 0.15) is 0 Å². The van der Waals surface area contributed by atoms with E-state index in [1.54, 1.807) is 11.3 Å². The molecule has 0 N–H and O–H groups in total. The molecule has 0 radical (unpaired) electrons. The normalized spacial score (nSPS) is 16.1. The summed E-state index contributed by atoms with van der Waals surface area (Å²) >= 11 is 13.5. The highest BCUT2D eigenvalue weighted by atomic mass is 35.5. The number of halogens is 2. The van der Waals surface area contributed by atoms with Crippen molar-refractivity contribution in [2.45, 2.75) is 17.9 Å². The second kappa shape index (κ2) is 5.31. The second-order valence-corrected chi connectivity index (χ2v) is 8.37. The molecule has 0 bridgehead atoms. The highest BCUT2D eigenvalue weighted by molar-refractivity contribution is 7.89. The van der Waals surface area contributed by atoms with Gasteiger partial charge in [0, 0.05) is 28.0 Å². The zero-order valence-corrected chi connectivity index (χ0v) is 13.5. The molecule has 2 heterocycles. The van der Waals surface area contributed by atoms with Gasteiger partial charge in [0.05, 0.1) is 4.90 Å². The minimum absolute atomic E-state index is 0.147. The summed E-state index contributed by atoms with van der Waals surface area (Å²) in [7, 11) is -3.56. The Bertz CT molecular complexity index is 735. The summed E-state index contributed by atoms with van der Waals surface area (Å²) in [5.41, 5.74) is 1.08. The van der Waals surface area contributed by atoms with Crippen LogP contribution in [0.2, 0.25) is 10.0 Å². The standard InChI is InChI=1S/C13H11Cl2NO2S2/c14-10-5-11(15)7-12(6-10)20(17,18)16-3-1-13-9(8-16)2-4-19-13/h2,4-7H,1,3,8H2. The van der Waals surface area contributed by atoms with E-state index in [1.165, 1.54) is 27.4 Å². The Kier molecular flexibility index (Phi) is 3.81. The molecule has 1 aromatic carbocycles. The summed E-state index contributed by atoms with van der Waals surface area (Å²) < 4.78 is 26.7. The van der Waals surface area contributed by atoms with Crippen LogP contribution in [0.4, 0.5) is 0 Å². The van der Waals surface area contributed by atoms with Crippen molar-refractivity contribution in [3.8, 4) is 0 Å². The van der Waals surface area contributed by atoms with Crippen molar-refractivity contribution >= 4 is 44.6 Å². The molecule has 0 spiro atoms. The molecule has 0 atom stereocenters. The van der Waals surface area contributed by atoms with Gasteiger partial charge in [0.25, 0.3) is 0 Å². The summed E-state index contributed by atoms with van der Waals surface area (Å²) in [6, 6.07) is 6.37. The van der Waals surface area contributed by atoms with Gasteiger partial charge in [0.2, 0.25) is 10.0 Å². The first-order valence-corrected chi connectivity index (χ1v) is 9.06. The zero-order chi connectivity index (χ0) is 14.3. The van der Waals surface area contributed by atoms with Gasteiger partial charge in [0.15, 0.2) is 0 Å². The van der Waals surface area contributed by atoms with Crippen LogP contribution >= 0.6 is 34.5 Å². The monoisotopic (exact) mass is 347 g/mol. The summed E-state index contributed by atoms with van der Waals surface area (Å²) in [6.45, 7) is 0.894. The van der Waals surface area contributed by atoms with Crippen molar-refractivity contribution in [1.82, 2.24) is 4.31 Å². The Morgan fingerprint density at radius 2 is 1.85 bits per heavy atom. The van der Waals surface area contributed by atoms with E-state index in [9.17, 15) is 8.42 Å². The lowest BCUT2D eigenvalue weighted by atomic mass is 10.1. The highest BCUT2D eigenvalue weighted by Crippen LogP contribution is 2.30. The Balaban J connectivity index is 1.97. The van der Waals surface area contributed by atoms with Crippen LogP contribution in [0.5, 0.6) is 0 Å². The molecule has 1 aliphatic rings. The number of hydrogen-bond donors (Lipinski definition) is 0. The van der Waals surface area contributed by atoms with Gasteiger partial charge in [-0.3, -0.25) is 0 Å². The van der Waals surface area contributed by atoms with E-state index in [4.69, 9.17) is 23.2 Å². The van der Waals surface area contributed by atoms with Crippen molar-refractivity contribution in [2.75, 3.05) is 6.54 Å². The molecule has 0 fully saturated rings. The first kappa shape index (κ1) is 14.4. The van der Waals surface area contributed by atoms with E-state index >= 15 is 0 Å². The molecule has 106 valence electrons. The molecule has 0 amide bonds. The van der Waals surface area contributed by atoms with Crippen LogP contribution in [0.1, 0.15) is 10.4 Å². The van der Waals surface area contributed by atoms with Gasteiger partial charge in [-0.05, 0) is 41.6 Å². The first-order chi connectivity index (χ1) is 9.46. The van der Waals surface area contributed by atoms with Crippen LogP contribution in [0, 0.1) is 0 Å². The van der Waals surface area contributed by atoms with E-state index in [-0.39, 0.29) is 4.90 Å². The number of benzene rings is 1. The van der Waals surface area contributed by atoms with Gasteiger partial charge >= 0.3 is 0 Å². The summed E-state index contributed by atoms with van der Waals surface area (Å²) in [5, 5.41) is 2.64. The fourth-order valence-corrected chi connectivity index (χ4v) is 5.29. The molecular weight excluding hydrogens is 337 g/mol. The molecule has 2 aromatic rings. The smallest absolute Gasteiger partial charge is 0.207 e. The van der Waals surface area contributed by atoms with Crippen LogP contribution in [-0.4, -0.2) is 19.3 Å². The Labute approximate surface area is 131 Å². The third kappa shape index (κ3) is 2.61. The van der Waals surface area contributed by atoms with E-state index in [1.807, 2.05) is 11.4 Å². The maximum absolute atomic E-state index is 12.6. The molecule has 3 rings (SSSR count). The highest BCUT2D eigenvalue weighted by Gasteiger charge is 2.29. The lowest BCUT2D eigenvalue weighted by Crippen LogP contribution is -2.35. The number of fused-ring (bicyclic) bond motifs is 1. The topological polar surface area (TPSA) is 37.4 Å². The third-order valence-corrected chi connectivity index (χ3v) is 6.53. The minimum atomic E-state index is -3.56. The van der Waals surface area contributed by atoms with Crippen molar-refractivity contribution in [2.24, 2.45) is 0 Å². The lowest BCUT2D eigenvalue weighted by molar-refractivity contribution is 0.394. The van der Waals surface area contributed by atoms with Gasteiger partial charge < -0.3 is 0 Å². The molecule has 3 nitrogen and oxygen atoms in total. The maximum atomic E-state index is 12.6. The molecule has 0 saturated heterocycles. The molecule has 1 aliphatic heterocycles. The maximum Gasteiger partial charge on any atom is 0.243 e. The quantitative estimate of drug-likeness (QED) is 0.828. The number of nitrogens with zero attached hydrogens (tertiary/aromatic N) is 1. The third-order valence-electron chi connectivity index (χ3n) is 3.25. The molecule has 1 aromatic heterocycles. The number of sulfonamides is 1. The molecule has 0 aliphatic carbocycles. The van der Waals surface area contributed by atoms with E-state index < -0.39 is 10.0 Å². The average Bonchev–Trinajstić information content (AvgIpc) is 2.84. The van der Waals surface area contributed by atoms with E-state index in [0.29, 0.717) is 23.1 Å². The van der Waals surface area contributed by atoms with Crippen molar-refractivity contribution < 1.29 is 8.42 Å². The van der Waals surface area contributed by atoms with Gasteiger partial charge in [-0.25, -0.2) is 8.42 Å². The zero-order valence-electron chi connectivity index (χ0n) is 10.3. The predicted molar refractivity (Wildman–Crippen MR) is 82.1 cm³/mol. The van der Waals surface area contributed by atoms with Crippen molar-refractivity contribution in [3.05, 3.63) is 50.1 Å². The SMILES string of the molecule is O=S(=O)(c1cc(Cl)cc(Cl)c1)N1CCc2sccc2C1. The largest absolute Gasteiger partial charge is 0.243 e. The second-order valence-electron chi connectivity index (χ2n) is 4.56. The van der Waals surface area contributed by atoms with Gasteiger partial charge in [-0.1, -0.05) is 23.2 Å². The van der Waals surface area contributed by atoms with E-state index in [2.05, 4.69) is 0 Å². The van der Waals surface area contributed by atoms with Crippen LogP contribution < -0.4 is 0 Å². The van der Waals surface area contributed by atoms with E-state index in [0.717, 1.165) is 12.0 Å². The molecule has 0 saturated carbocycles. The van der Waals surface area contributed by atoms with Crippen LogP contribution in [0.3, 0.4) is 0 Å². The Morgan fingerprint density at radius 1 is 1.15 bits per heavy atom. The van der Waals surface area contributed by atoms with Crippen molar-refractivity contribution in [3.63, 3.8) is 0 Å². The number of rotatable bonds is 2. The Hall–Kier alpha value is -0.590. The van der Waals surface area contributed by atoms with Crippen LogP contribution in [-0.2, 0) is 23.0 Å². The fourth-order valence-electron chi connectivity index (χ4n) is 2.25. The summed E-state index contributed by atoms with van der Waals surface area (Å²) in [6.07, 6.45) is 0.751. The minimum Gasteiger partial charge on any atom is -0.207 e. The van der Waals surface area contributed by atoms with Gasteiger partial charge in [-0.15, -0.1) is 11.3 Å². The molecule has 20 heavy (non-hydrogen) atoms. The Morgan fingerprint density at radius 3 is 2.55 bits per heavy atom. The molecular formula is C13H11Cl2NO2S2. The van der Waals surface area contributed by atoms with Crippen LogP contribution in [0.15, 0.2) is 34.5 Å². The number of thiophene rings is 1. The summed E-state index contributed by atoms with van der Waals surface area (Å²) in [4.78, 5) is 1.41. The van der Waals surface area contributed by atoms with Gasteiger partial charge in [-0.2, -0.15) is 4.31 Å². The molecule has 7 heteroatoms. The fraction of sp³-hybridized carbons (Fsp3) is 0.231. The lowest BCUT2D eigenvalue weighted by Gasteiger charge is -2.26.